The molecule has 3 amide bonds. The first kappa shape index (κ1) is 27.5. The molecule has 12 heteroatoms. The summed E-state index contributed by atoms with van der Waals surface area (Å²) in [5.74, 6) is -0.333. The molecule has 0 saturated carbocycles. The molecule has 2 heterocycles. The van der Waals surface area contributed by atoms with Crippen molar-refractivity contribution < 1.29 is 23.9 Å². The third-order valence-electron chi connectivity index (χ3n) is 5.23. The van der Waals surface area contributed by atoms with Crippen molar-refractivity contribution in [2.24, 2.45) is 5.73 Å². The number of nitrogens with two attached hydrogens (primary N) is 1. The van der Waals surface area contributed by atoms with E-state index in [-0.39, 0.29) is 24.6 Å². The number of aromatic nitrogens is 4. The van der Waals surface area contributed by atoms with Crippen molar-refractivity contribution in [2.45, 2.75) is 66.7 Å². The fraction of sp³-hybridized carbons (Fsp3) is 0.480. The number of primary amides is 1. The minimum atomic E-state index is -0.642. The number of rotatable bonds is 10. The van der Waals surface area contributed by atoms with Gasteiger partial charge in [-0.15, -0.1) is 0 Å². The molecule has 0 atom stereocenters. The van der Waals surface area contributed by atoms with E-state index in [4.69, 9.17) is 15.2 Å². The van der Waals surface area contributed by atoms with Gasteiger partial charge in [0.1, 0.15) is 29.2 Å². The number of nitrogens with one attached hydrogen (secondary N) is 2. The van der Waals surface area contributed by atoms with Gasteiger partial charge in [-0.3, -0.25) is 19.6 Å². The van der Waals surface area contributed by atoms with Crippen LogP contribution < -0.4 is 21.1 Å². The number of nitrogens with zero attached hydrogens (tertiary/aromatic N) is 4. The maximum Gasteiger partial charge on any atom is 0.407 e. The molecule has 0 fully saturated rings. The molecule has 200 valence electrons. The van der Waals surface area contributed by atoms with Crippen molar-refractivity contribution in [3.8, 4) is 5.75 Å². The zero-order valence-electron chi connectivity index (χ0n) is 22.2. The first-order chi connectivity index (χ1) is 17.4. The van der Waals surface area contributed by atoms with E-state index in [2.05, 4.69) is 20.7 Å². The number of carbonyl (C=O) groups excluding carboxylic acids is 3. The first-order valence-corrected chi connectivity index (χ1v) is 12.2. The van der Waals surface area contributed by atoms with Gasteiger partial charge >= 0.3 is 6.09 Å². The van der Waals surface area contributed by atoms with Crippen LogP contribution in [0.1, 0.15) is 67.6 Å². The monoisotopic (exact) mass is 513 g/mol. The number of ether oxygens (including phenoxy) is 2. The molecule has 0 aliphatic carbocycles. The molecule has 0 aliphatic heterocycles. The van der Waals surface area contributed by atoms with Crippen LogP contribution in [-0.2, 0) is 17.8 Å². The fourth-order valence-electron chi connectivity index (χ4n) is 3.78. The SMILES string of the molecule is CCCn1c(NC(=O)c2cc(C)nn2CC)nc2cc(C(N)=O)cc(OCCNC(=O)OC(C)(C)C)c21. The van der Waals surface area contributed by atoms with Crippen LogP contribution in [-0.4, -0.2) is 56.0 Å². The highest BCUT2D eigenvalue weighted by Gasteiger charge is 2.22. The fourth-order valence-corrected chi connectivity index (χ4v) is 3.78. The first-order valence-electron chi connectivity index (χ1n) is 12.2. The number of amides is 3. The van der Waals surface area contributed by atoms with Crippen molar-refractivity contribution in [3.05, 3.63) is 35.2 Å². The minimum absolute atomic E-state index is 0.102. The van der Waals surface area contributed by atoms with E-state index in [1.165, 1.54) is 6.07 Å². The minimum Gasteiger partial charge on any atom is -0.489 e. The lowest BCUT2D eigenvalue weighted by atomic mass is 10.1. The Balaban J connectivity index is 1.92. The molecule has 2 aromatic heterocycles. The molecule has 0 bridgehead atoms. The van der Waals surface area contributed by atoms with Crippen molar-refractivity contribution in [1.82, 2.24) is 24.6 Å². The molecule has 4 N–H and O–H groups in total. The van der Waals surface area contributed by atoms with Crippen LogP contribution in [0.15, 0.2) is 18.2 Å². The molecular weight excluding hydrogens is 478 g/mol. The molecule has 0 radical (unpaired) electrons. The molecule has 12 nitrogen and oxygen atoms in total. The van der Waals surface area contributed by atoms with Gasteiger partial charge in [0.05, 0.1) is 17.8 Å². The quantitative estimate of drug-likeness (QED) is 0.351. The zero-order valence-corrected chi connectivity index (χ0v) is 22.2. The average molecular weight is 514 g/mol. The highest BCUT2D eigenvalue weighted by atomic mass is 16.6. The maximum atomic E-state index is 13.1. The Bertz CT molecular complexity index is 1300. The Morgan fingerprint density at radius 2 is 1.86 bits per heavy atom. The summed E-state index contributed by atoms with van der Waals surface area (Å²) in [6, 6.07) is 4.81. The Morgan fingerprint density at radius 3 is 2.49 bits per heavy atom. The van der Waals surface area contributed by atoms with Gasteiger partial charge in [-0.25, -0.2) is 9.78 Å². The maximum absolute atomic E-state index is 13.1. The van der Waals surface area contributed by atoms with Gasteiger partial charge in [0.2, 0.25) is 11.9 Å². The lowest BCUT2D eigenvalue weighted by Crippen LogP contribution is -2.34. The van der Waals surface area contributed by atoms with E-state index < -0.39 is 17.6 Å². The predicted octanol–water partition coefficient (Wildman–Crippen LogP) is 3.23. The number of fused-ring (bicyclic) bond motifs is 1. The van der Waals surface area contributed by atoms with Gasteiger partial charge in [-0.1, -0.05) is 6.92 Å². The zero-order chi connectivity index (χ0) is 27.3. The van der Waals surface area contributed by atoms with E-state index in [9.17, 15) is 14.4 Å². The number of carbonyl (C=O) groups is 3. The number of alkyl carbamates (subject to hydrolysis) is 1. The second kappa shape index (κ2) is 11.3. The summed E-state index contributed by atoms with van der Waals surface area (Å²) >= 11 is 0. The topological polar surface area (TPSA) is 155 Å². The van der Waals surface area contributed by atoms with E-state index in [0.29, 0.717) is 41.5 Å². The van der Waals surface area contributed by atoms with Crippen molar-refractivity contribution in [3.63, 3.8) is 0 Å². The third kappa shape index (κ3) is 6.78. The summed E-state index contributed by atoms with van der Waals surface area (Å²) in [6.45, 7) is 12.4. The second-order valence-corrected chi connectivity index (χ2v) is 9.51. The number of benzene rings is 1. The molecular formula is C25H35N7O5. The third-order valence-corrected chi connectivity index (χ3v) is 5.23. The van der Waals surface area contributed by atoms with Crippen molar-refractivity contribution in [2.75, 3.05) is 18.5 Å². The summed E-state index contributed by atoms with van der Waals surface area (Å²) in [7, 11) is 0. The number of aryl methyl sites for hydroxylation is 3. The van der Waals surface area contributed by atoms with E-state index in [1.807, 2.05) is 25.3 Å². The van der Waals surface area contributed by atoms with Crippen LogP contribution in [0.4, 0.5) is 10.7 Å². The van der Waals surface area contributed by atoms with Crippen LogP contribution in [0.2, 0.25) is 0 Å². The van der Waals surface area contributed by atoms with Gasteiger partial charge in [-0.2, -0.15) is 5.10 Å². The molecule has 37 heavy (non-hydrogen) atoms. The number of anilines is 1. The smallest absolute Gasteiger partial charge is 0.407 e. The van der Waals surface area contributed by atoms with Crippen LogP contribution in [0.25, 0.3) is 11.0 Å². The molecule has 3 aromatic rings. The van der Waals surface area contributed by atoms with Gasteiger partial charge in [0.15, 0.2) is 0 Å². The van der Waals surface area contributed by atoms with Gasteiger partial charge in [0.25, 0.3) is 5.91 Å². The number of hydrogen-bond acceptors (Lipinski definition) is 7. The number of hydrogen-bond donors (Lipinski definition) is 3. The van der Waals surface area contributed by atoms with Crippen molar-refractivity contribution >= 4 is 34.9 Å². The average Bonchev–Trinajstić information content (AvgIpc) is 3.35. The standard InChI is InChI=1S/C25H35N7O5/c1-7-10-31-20-17(28-23(31)29-22(34)18-12-15(3)30-32(18)8-2)13-16(21(26)33)14-19(20)36-11-9-27-24(35)37-25(4,5)6/h12-14H,7-11H2,1-6H3,(H2,26,33)(H,27,35)(H,28,29,34). The van der Waals surface area contributed by atoms with Crippen LogP contribution in [0.3, 0.4) is 0 Å². The molecule has 1 aromatic carbocycles. The highest BCUT2D eigenvalue weighted by molar-refractivity contribution is 6.04. The van der Waals surface area contributed by atoms with Crippen LogP contribution in [0.5, 0.6) is 5.75 Å². The summed E-state index contributed by atoms with van der Waals surface area (Å²) in [5.41, 5.74) is 7.32. The van der Waals surface area contributed by atoms with Gasteiger partial charge in [-0.05, 0) is 59.2 Å². The van der Waals surface area contributed by atoms with Crippen LogP contribution >= 0.6 is 0 Å². The molecule has 3 rings (SSSR count). The van der Waals surface area contributed by atoms with Gasteiger partial charge in [0, 0.05) is 18.7 Å². The number of imidazole rings is 1. The Morgan fingerprint density at radius 1 is 1.14 bits per heavy atom. The van der Waals surface area contributed by atoms with Gasteiger partial charge < -0.3 is 25.1 Å². The van der Waals surface area contributed by atoms with Crippen molar-refractivity contribution in [1.29, 1.82) is 0 Å². The summed E-state index contributed by atoms with van der Waals surface area (Å²) in [4.78, 5) is 41.6. The van der Waals surface area contributed by atoms with E-state index >= 15 is 0 Å². The predicted molar refractivity (Wildman–Crippen MR) is 139 cm³/mol. The Labute approximate surface area is 215 Å². The lowest BCUT2D eigenvalue weighted by molar-refractivity contribution is 0.0520. The summed E-state index contributed by atoms with van der Waals surface area (Å²) in [6.07, 6.45) is 0.187. The van der Waals surface area contributed by atoms with E-state index in [1.54, 1.807) is 37.6 Å². The normalized spacial score (nSPS) is 11.4. The Kier molecular flexibility index (Phi) is 8.41. The highest BCUT2D eigenvalue weighted by Crippen LogP contribution is 2.31. The van der Waals surface area contributed by atoms with Crippen LogP contribution in [0, 0.1) is 6.92 Å². The molecule has 0 aliphatic rings. The molecule has 0 saturated heterocycles. The lowest BCUT2D eigenvalue weighted by Gasteiger charge is -2.19. The molecule has 0 unspecified atom stereocenters. The largest absolute Gasteiger partial charge is 0.489 e. The summed E-state index contributed by atoms with van der Waals surface area (Å²) in [5, 5.41) is 9.84. The molecule has 0 spiro atoms. The second-order valence-electron chi connectivity index (χ2n) is 9.51. The summed E-state index contributed by atoms with van der Waals surface area (Å²) < 4.78 is 14.6. The van der Waals surface area contributed by atoms with E-state index in [0.717, 1.165) is 12.1 Å². The Hall–Kier alpha value is -4.09.